The van der Waals surface area contributed by atoms with Crippen LogP contribution in [-0.2, 0) is 4.79 Å². The average Bonchev–Trinajstić information content (AvgIpc) is 2.60. The van der Waals surface area contributed by atoms with Gasteiger partial charge in [0.25, 0.3) is 0 Å². The average molecular weight is 139 g/mol. The Bertz CT molecular complexity index is 172. The van der Waals surface area contributed by atoms with Crippen LogP contribution in [0.15, 0.2) is 0 Å². The standard InChI is InChI=1S/C8H13NO/c1-2-6-5-8(3-4-8)7(10)9-6/h6H,2-5H2,1H3,(H,9,10)/t6-/m1/s1. The van der Waals surface area contributed by atoms with Crippen molar-refractivity contribution in [3.8, 4) is 0 Å². The molecule has 0 aromatic rings. The van der Waals surface area contributed by atoms with E-state index in [4.69, 9.17) is 0 Å². The molecule has 2 heteroatoms. The molecule has 1 aliphatic carbocycles. The second-order valence-corrected chi connectivity index (χ2v) is 3.56. The van der Waals surface area contributed by atoms with Gasteiger partial charge in [-0.2, -0.15) is 0 Å². The first-order valence-electron chi connectivity index (χ1n) is 4.08. The van der Waals surface area contributed by atoms with Crippen LogP contribution in [0.1, 0.15) is 32.6 Å². The van der Waals surface area contributed by atoms with Gasteiger partial charge >= 0.3 is 0 Å². The highest BCUT2D eigenvalue weighted by atomic mass is 16.2. The van der Waals surface area contributed by atoms with Crippen molar-refractivity contribution in [1.82, 2.24) is 5.32 Å². The van der Waals surface area contributed by atoms with Gasteiger partial charge in [0.05, 0.1) is 5.41 Å². The Hall–Kier alpha value is -0.530. The highest BCUT2D eigenvalue weighted by Crippen LogP contribution is 2.52. The van der Waals surface area contributed by atoms with Crippen molar-refractivity contribution in [2.75, 3.05) is 0 Å². The Morgan fingerprint density at radius 2 is 2.40 bits per heavy atom. The highest BCUT2D eigenvalue weighted by Gasteiger charge is 2.54. The molecular formula is C8H13NO. The van der Waals surface area contributed by atoms with Crippen LogP contribution in [0.2, 0.25) is 0 Å². The molecule has 1 saturated heterocycles. The first-order chi connectivity index (χ1) is 4.77. The number of hydrogen-bond acceptors (Lipinski definition) is 1. The normalized spacial score (nSPS) is 34.5. The summed E-state index contributed by atoms with van der Waals surface area (Å²) in [6.07, 6.45) is 4.46. The number of nitrogens with one attached hydrogen (secondary N) is 1. The highest BCUT2D eigenvalue weighted by molar-refractivity contribution is 5.87. The third-order valence-corrected chi connectivity index (χ3v) is 2.80. The molecule has 1 N–H and O–H groups in total. The first kappa shape index (κ1) is 6.20. The van der Waals surface area contributed by atoms with Gasteiger partial charge in [0.1, 0.15) is 0 Å². The van der Waals surface area contributed by atoms with Crippen molar-refractivity contribution in [3.05, 3.63) is 0 Å². The second kappa shape index (κ2) is 1.74. The van der Waals surface area contributed by atoms with E-state index in [0.29, 0.717) is 11.9 Å². The molecule has 0 aromatic carbocycles. The zero-order chi connectivity index (χ0) is 7.19. The van der Waals surface area contributed by atoms with E-state index in [1.54, 1.807) is 0 Å². The molecule has 10 heavy (non-hydrogen) atoms. The Morgan fingerprint density at radius 3 is 2.70 bits per heavy atom. The van der Waals surface area contributed by atoms with Gasteiger partial charge in [-0.1, -0.05) is 6.92 Å². The van der Waals surface area contributed by atoms with Crippen LogP contribution in [-0.4, -0.2) is 11.9 Å². The first-order valence-corrected chi connectivity index (χ1v) is 4.08. The Labute approximate surface area is 61.0 Å². The number of carbonyl (C=O) groups is 1. The van der Waals surface area contributed by atoms with Gasteiger partial charge in [0.15, 0.2) is 0 Å². The van der Waals surface area contributed by atoms with Crippen LogP contribution >= 0.6 is 0 Å². The summed E-state index contributed by atoms with van der Waals surface area (Å²) < 4.78 is 0. The van der Waals surface area contributed by atoms with Gasteiger partial charge < -0.3 is 5.32 Å². The Kier molecular flexibility index (Phi) is 1.08. The summed E-state index contributed by atoms with van der Waals surface area (Å²) in [5.74, 6) is 0.319. The van der Waals surface area contributed by atoms with E-state index in [1.165, 1.54) is 0 Å². The molecule has 1 aliphatic heterocycles. The van der Waals surface area contributed by atoms with Crippen molar-refractivity contribution in [3.63, 3.8) is 0 Å². The van der Waals surface area contributed by atoms with Gasteiger partial charge in [0, 0.05) is 6.04 Å². The third-order valence-electron chi connectivity index (χ3n) is 2.80. The summed E-state index contributed by atoms with van der Waals surface area (Å²) in [6.45, 7) is 2.13. The van der Waals surface area contributed by atoms with E-state index < -0.39 is 0 Å². The van der Waals surface area contributed by atoms with E-state index in [0.717, 1.165) is 25.7 Å². The molecule has 1 heterocycles. The Morgan fingerprint density at radius 1 is 1.70 bits per heavy atom. The van der Waals surface area contributed by atoms with Gasteiger partial charge in [-0.25, -0.2) is 0 Å². The van der Waals surface area contributed by atoms with Gasteiger partial charge in [-0.05, 0) is 25.7 Å². The van der Waals surface area contributed by atoms with Crippen LogP contribution in [0.25, 0.3) is 0 Å². The summed E-state index contributed by atoms with van der Waals surface area (Å²) >= 11 is 0. The maximum atomic E-state index is 11.2. The Balaban J connectivity index is 2.08. The van der Waals surface area contributed by atoms with Crippen LogP contribution in [0.3, 0.4) is 0 Å². The molecule has 0 aromatic heterocycles. The SMILES string of the molecule is CC[C@@H]1CC2(CC2)C(=O)N1. The van der Waals surface area contributed by atoms with E-state index in [-0.39, 0.29) is 5.41 Å². The summed E-state index contributed by atoms with van der Waals surface area (Å²) in [5, 5.41) is 3.02. The van der Waals surface area contributed by atoms with Crippen molar-refractivity contribution in [2.24, 2.45) is 5.41 Å². The topological polar surface area (TPSA) is 29.1 Å². The molecule has 0 bridgehead atoms. The largest absolute Gasteiger partial charge is 0.353 e. The monoisotopic (exact) mass is 139 g/mol. The maximum Gasteiger partial charge on any atom is 0.226 e. The minimum atomic E-state index is 0.126. The lowest BCUT2D eigenvalue weighted by Crippen LogP contribution is -2.25. The van der Waals surface area contributed by atoms with Crippen molar-refractivity contribution in [1.29, 1.82) is 0 Å². The third kappa shape index (κ3) is 0.678. The van der Waals surface area contributed by atoms with Gasteiger partial charge in [0.2, 0.25) is 5.91 Å². The summed E-state index contributed by atoms with van der Waals surface area (Å²) in [7, 11) is 0. The van der Waals surface area contributed by atoms with Crippen molar-refractivity contribution < 1.29 is 4.79 Å². The van der Waals surface area contributed by atoms with E-state index in [1.807, 2.05) is 0 Å². The molecule has 1 saturated carbocycles. The molecule has 0 radical (unpaired) electrons. The van der Waals surface area contributed by atoms with Crippen LogP contribution in [0, 0.1) is 5.41 Å². The molecule has 2 aliphatic rings. The fraction of sp³-hybridized carbons (Fsp3) is 0.875. The predicted octanol–water partition coefficient (Wildman–Crippen LogP) is 1.07. The van der Waals surface area contributed by atoms with E-state index in [9.17, 15) is 4.79 Å². The second-order valence-electron chi connectivity index (χ2n) is 3.56. The lowest BCUT2D eigenvalue weighted by molar-refractivity contribution is -0.123. The van der Waals surface area contributed by atoms with Crippen molar-refractivity contribution >= 4 is 5.91 Å². The molecular weight excluding hydrogens is 126 g/mol. The molecule has 2 fully saturated rings. The number of amides is 1. The number of carbonyl (C=O) groups excluding carboxylic acids is 1. The van der Waals surface area contributed by atoms with Crippen LogP contribution < -0.4 is 5.32 Å². The maximum absolute atomic E-state index is 11.2. The van der Waals surface area contributed by atoms with Crippen LogP contribution in [0.5, 0.6) is 0 Å². The molecule has 2 rings (SSSR count). The van der Waals surface area contributed by atoms with Gasteiger partial charge in [-0.3, -0.25) is 4.79 Å². The minimum Gasteiger partial charge on any atom is -0.353 e. The lowest BCUT2D eigenvalue weighted by atomic mass is 10.0. The van der Waals surface area contributed by atoms with Crippen LogP contribution in [0.4, 0.5) is 0 Å². The predicted molar refractivity (Wildman–Crippen MR) is 38.5 cm³/mol. The summed E-state index contributed by atoms with van der Waals surface area (Å²) in [6, 6.07) is 0.481. The quantitative estimate of drug-likeness (QED) is 0.578. The molecule has 1 spiro atoms. The number of rotatable bonds is 1. The summed E-state index contributed by atoms with van der Waals surface area (Å²) in [5.41, 5.74) is 0.126. The van der Waals surface area contributed by atoms with Gasteiger partial charge in [-0.15, -0.1) is 0 Å². The fourth-order valence-electron chi connectivity index (χ4n) is 1.78. The zero-order valence-corrected chi connectivity index (χ0v) is 6.31. The summed E-state index contributed by atoms with van der Waals surface area (Å²) in [4.78, 5) is 11.2. The fourth-order valence-corrected chi connectivity index (χ4v) is 1.78. The van der Waals surface area contributed by atoms with E-state index >= 15 is 0 Å². The molecule has 2 nitrogen and oxygen atoms in total. The molecule has 1 amide bonds. The lowest BCUT2D eigenvalue weighted by Gasteiger charge is -2.02. The molecule has 1 atom stereocenters. The van der Waals surface area contributed by atoms with E-state index in [2.05, 4.69) is 12.2 Å². The smallest absolute Gasteiger partial charge is 0.226 e. The number of hydrogen-bond donors (Lipinski definition) is 1. The minimum absolute atomic E-state index is 0.126. The zero-order valence-electron chi connectivity index (χ0n) is 6.31. The molecule has 0 unspecified atom stereocenters. The molecule has 56 valence electrons. The van der Waals surface area contributed by atoms with Crippen molar-refractivity contribution in [2.45, 2.75) is 38.6 Å².